The zero-order chi connectivity index (χ0) is 20.7. The Bertz CT molecular complexity index is 763. The minimum atomic E-state index is -0.456. The van der Waals surface area contributed by atoms with Crippen molar-refractivity contribution in [2.45, 2.75) is 13.0 Å². The van der Waals surface area contributed by atoms with Gasteiger partial charge in [-0.15, -0.1) is 0 Å². The first-order valence-electron chi connectivity index (χ1n) is 8.68. The van der Waals surface area contributed by atoms with Gasteiger partial charge in [-0.3, -0.25) is 4.79 Å². The molecule has 1 aliphatic heterocycles. The standard InChI is InChI=1S/C19H25N3O5S/c1-12-16(18(24)27-10-9-25-3)17(21-19(28)22(12)2)13-5-7-14(8-6-13)20-15(23)11-26-4/h5-8,17H,9-11H2,1-4H3,(H,20,23)(H,21,28). The molecule has 1 atom stereocenters. The number of anilines is 1. The second-order valence-corrected chi connectivity index (χ2v) is 6.56. The van der Waals surface area contributed by atoms with Crippen LogP contribution in [-0.4, -0.2) is 63.0 Å². The number of benzene rings is 1. The third-order valence-electron chi connectivity index (χ3n) is 4.30. The molecule has 2 N–H and O–H groups in total. The number of carbonyl (C=O) groups excluding carboxylic acids is 2. The normalized spacial score (nSPS) is 16.6. The van der Waals surface area contributed by atoms with E-state index in [2.05, 4.69) is 10.6 Å². The maximum absolute atomic E-state index is 12.7. The molecule has 1 aromatic carbocycles. The molecule has 2 rings (SSSR count). The summed E-state index contributed by atoms with van der Waals surface area (Å²) in [5.41, 5.74) is 2.64. The molecule has 152 valence electrons. The van der Waals surface area contributed by atoms with Gasteiger partial charge in [-0.2, -0.15) is 0 Å². The molecular weight excluding hydrogens is 382 g/mol. The number of hydrogen-bond donors (Lipinski definition) is 2. The van der Waals surface area contributed by atoms with Gasteiger partial charge in [0.25, 0.3) is 0 Å². The number of thiocarbonyl (C=S) groups is 1. The van der Waals surface area contributed by atoms with Crippen LogP contribution in [0.3, 0.4) is 0 Å². The molecular formula is C19H25N3O5S. The Hall–Kier alpha value is -2.49. The third-order valence-corrected chi connectivity index (χ3v) is 4.69. The summed E-state index contributed by atoms with van der Waals surface area (Å²) in [7, 11) is 4.79. The molecule has 0 radical (unpaired) electrons. The van der Waals surface area contributed by atoms with Crippen LogP contribution in [0.15, 0.2) is 35.5 Å². The van der Waals surface area contributed by atoms with Gasteiger partial charge in [-0.25, -0.2) is 4.79 Å². The number of carbonyl (C=O) groups is 2. The number of allylic oxidation sites excluding steroid dienone is 1. The van der Waals surface area contributed by atoms with E-state index in [1.807, 2.05) is 19.1 Å². The lowest BCUT2D eigenvalue weighted by molar-refractivity contribution is -0.140. The van der Waals surface area contributed by atoms with Crippen molar-refractivity contribution in [1.29, 1.82) is 0 Å². The number of rotatable bonds is 8. The Morgan fingerprint density at radius 3 is 2.46 bits per heavy atom. The van der Waals surface area contributed by atoms with Crippen LogP contribution in [0.4, 0.5) is 5.69 Å². The lowest BCUT2D eigenvalue weighted by Crippen LogP contribution is -2.46. The van der Waals surface area contributed by atoms with Gasteiger partial charge in [0.15, 0.2) is 5.11 Å². The topological polar surface area (TPSA) is 89.1 Å². The number of esters is 1. The summed E-state index contributed by atoms with van der Waals surface area (Å²) in [5, 5.41) is 6.41. The van der Waals surface area contributed by atoms with Gasteiger partial charge in [-0.1, -0.05) is 12.1 Å². The van der Waals surface area contributed by atoms with Crippen LogP contribution >= 0.6 is 12.2 Å². The number of ether oxygens (including phenoxy) is 3. The zero-order valence-corrected chi connectivity index (χ0v) is 17.2. The molecule has 0 saturated carbocycles. The highest BCUT2D eigenvalue weighted by atomic mass is 32.1. The molecule has 0 spiro atoms. The molecule has 1 unspecified atom stereocenters. The zero-order valence-electron chi connectivity index (χ0n) is 16.4. The van der Waals surface area contributed by atoms with E-state index in [-0.39, 0.29) is 19.1 Å². The summed E-state index contributed by atoms with van der Waals surface area (Å²) in [6, 6.07) is 6.71. The number of nitrogens with zero attached hydrogens (tertiary/aromatic N) is 1. The highest BCUT2D eigenvalue weighted by molar-refractivity contribution is 7.80. The van der Waals surface area contributed by atoms with Gasteiger partial charge >= 0.3 is 5.97 Å². The van der Waals surface area contributed by atoms with E-state index in [1.54, 1.807) is 31.2 Å². The highest BCUT2D eigenvalue weighted by Gasteiger charge is 2.33. The van der Waals surface area contributed by atoms with Crippen molar-refractivity contribution >= 4 is 34.9 Å². The van der Waals surface area contributed by atoms with E-state index >= 15 is 0 Å². The van der Waals surface area contributed by atoms with Crippen molar-refractivity contribution in [3.05, 3.63) is 41.1 Å². The molecule has 28 heavy (non-hydrogen) atoms. The minimum absolute atomic E-state index is 0.0219. The van der Waals surface area contributed by atoms with E-state index < -0.39 is 12.0 Å². The SMILES string of the molecule is COCCOC(=O)C1=C(C)N(C)C(=S)NC1c1ccc(NC(=O)COC)cc1. The van der Waals surface area contributed by atoms with E-state index in [1.165, 1.54) is 7.11 Å². The van der Waals surface area contributed by atoms with Crippen LogP contribution in [0.5, 0.6) is 0 Å². The monoisotopic (exact) mass is 407 g/mol. The summed E-state index contributed by atoms with van der Waals surface area (Å²) in [6.45, 7) is 2.29. The Labute approximate surface area is 169 Å². The average Bonchev–Trinajstić information content (AvgIpc) is 2.66. The number of amides is 1. The molecule has 0 saturated heterocycles. The quantitative estimate of drug-likeness (QED) is 0.382. The molecule has 1 aliphatic rings. The number of methoxy groups -OCH3 is 2. The van der Waals surface area contributed by atoms with Crippen LogP contribution in [0.2, 0.25) is 0 Å². The smallest absolute Gasteiger partial charge is 0.338 e. The molecule has 0 aromatic heterocycles. The number of nitrogens with one attached hydrogen (secondary N) is 2. The Kier molecular flexibility index (Phi) is 7.91. The minimum Gasteiger partial charge on any atom is -0.460 e. The first-order valence-corrected chi connectivity index (χ1v) is 9.09. The summed E-state index contributed by atoms with van der Waals surface area (Å²) >= 11 is 5.38. The maximum Gasteiger partial charge on any atom is 0.338 e. The fourth-order valence-electron chi connectivity index (χ4n) is 2.73. The van der Waals surface area contributed by atoms with E-state index in [4.69, 9.17) is 26.4 Å². The predicted molar refractivity (Wildman–Crippen MR) is 109 cm³/mol. The van der Waals surface area contributed by atoms with E-state index in [0.29, 0.717) is 28.7 Å². The molecule has 8 nitrogen and oxygen atoms in total. The lowest BCUT2D eigenvalue weighted by atomic mass is 9.95. The second kappa shape index (κ2) is 10.2. The van der Waals surface area contributed by atoms with Crippen molar-refractivity contribution in [3.63, 3.8) is 0 Å². The van der Waals surface area contributed by atoms with Crippen molar-refractivity contribution in [1.82, 2.24) is 10.2 Å². The van der Waals surface area contributed by atoms with Crippen LogP contribution in [0.1, 0.15) is 18.5 Å². The van der Waals surface area contributed by atoms with Crippen LogP contribution in [0.25, 0.3) is 0 Å². The summed E-state index contributed by atoms with van der Waals surface area (Å²) in [4.78, 5) is 26.1. The predicted octanol–water partition coefficient (Wildman–Crippen LogP) is 1.60. The van der Waals surface area contributed by atoms with Gasteiger partial charge in [0.05, 0.1) is 18.2 Å². The molecule has 0 aliphatic carbocycles. The fourth-order valence-corrected chi connectivity index (χ4v) is 2.99. The summed E-state index contributed by atoms with van der Waals surface area (Å²) in [6.07, 6.45) is 0. The van der Waals surface area contributed by atoms with Gasteiger partial charge in [0, 0.05) is 32.7 Å². The van der Waals surface area contributed by atoms with Crippen molar-refractivity contribution < 1.29 is 23.8 Å². The van der Waals surface area contributed by atoms with E-state index in [9.17, 15) is 9.59 Å². The Morgan fingerprint density at radius 1 is 1.18 bits per heavy atom. The third kappa shape index (κ3) is 5.28. The first kappa shape index (κ1) is 21.8. The molecule has 1 amide bonds. The fraction of sp³-hybridized carbons (Fsp3) is 0.421. The average molecular weight is 407 g/mol. The largest absolute Gasteiger partial charge is 0.460 e. The van der Waals surface area contributed by atoms with E-state index in [0.717, 1.165) is 5.56 Å². The van der Waals surface area contributed by atoms with Crippen LogP contribution < -0.4 is 10.6 Å². The first-order chi connectivity index (χ1) is 13.4. The van der Waals surface area contributed by atoms with Crippen molar-refractivity contribution in [2.24, 2.45) is 0 Å². The molecule has 1 heterocycles. The maximum atomic E-state index is 12.7. The van der Waals surface area contributed by atoms with Gasteiger partial charge in [-0.05, 0) is 36.8 Å². The van der Waals surface area contributed by atoms with Crippen molar-refractivity contribution in [3.8, 4) is 0 Å². The second-order valence-electron chi connectivity index (χ2n) is 6.17. The summed E-state index contributed by atoms with van der Waals surface area (Å²) < 4.78 is 15.1. The molecule has 0 fully saturated rings. The van der Waals surface area contributed by atoms with Gasteiger partial charge in [0.2, 0.25) is 5.91 Å². The lowest BCUT2D eigenvalue weighted by Gasteiger charge is -2.35. The number of hydrogen-bond acceptors (Lipinski definition) is 6. The van der Waals surface area contributed by atoms with Crippen molar-refractivity contribution in [2.75, 3.05) is 46.4 Å². The van der Waals surface area contributed by atoms with Crippen LogP contribution in [-0.2, 0) is 23.8 Å². The van der Waals surface area contributed by atoms with Gasteiger partial charge in [0.1, 0.15) is 13.2 Å². The molecule has 9 heteroatoms. The summed E-state index contributed by atoms with van der Waals surface area (Å²) in [5.74, 6) is -0.675. The Balaban J connectivity index is 2.26. The van der Waals surface area contributed by atoms with Crippen LogP contribution in [0, 0.1) is 0 Å². The highest BCUT2D eigenvalue weighted by Crippen LogP contribution is 2.31. The van der Waals surface area contributed by atoms with Gasteiger partial charge < -0.3 is 29.7 Å². The Morgan fingerprint density at radius 2 is 1.86 bits per heavy atom. The molecule has 0 bridgehead atoms. The molecule has 1 aromatic rings.